The molecule has 1 saturated heterocycles. The SMILES string of the molecule is O=C(CC1CCCO1)CC1CCCc2ccccc21. The Morgan fingerprint density at radius 2 is 2.05 bits per heavy atom. The summed E-state index contributed by atoms with van der Waals surface area (Å²) in [6.07, 6.45) is 7.26. The fourth-order valence-corrected chi connectivity index (χ4v) is 3.48. The van der Waals surface area contributed by atoms with E-state index in [-0.39, 0.29) is 6.10 Å². The van der Waals surface area contributed by atoms with Gasteiger partial charge < -0.3 is 4.74 Å². The van der Waals surface area contributed by atoms with Gasteiger partial charge in [0.25, 0.3) is 0 Å². The Bertz CT molecular complexity index is 446. The van der Waals surface area contributed by atoms with Gasteiger partial charge in [-0.1, -0.05) is 24.3 Å². The molecule has 2 unspecified atom stereocenters. The fourth-order valence-electron chi connectivity index (χ4n) is 3.48. The summed E-state index contributed by atoms with van der Waals surface area (Å²) in [5, 5.41) is 0. The second-order valence-corrected chi connectivity index (χ2v) is 5.87. The molecule has 0 saturated carbocycles. The molecular formula is C17H22O2. The molecule has 2 heteroatoms. The molecular weight excluding hydrogens is 236 g/mol. The van der Waals surface area contributed by atoms with E-state index in [4.69, 9.17) is 4.74 Å². The maximum absolute atomic E-state index is 12.2. The molecule has 2 atom stereocenters. The molecule has 2 aliphatic rings. The van der Waals surface area contributed by atoms with Crippen LogP contribution in [0.25, 0.3) is 0 Å². The van der Waals surface area contributed by atoms with Crippen LogP contribution in [0.15, 0.2) is 24.3 Å². The number of carbonyl (C=O) groups excluding carboxylic acids is 1. The predicted octanol–water partition coefficient (Wildman–Crippen LogP) is 3.63. The van der Waals surface area contributed by atoms with Crippen LogP contribution >= 0.6 is 0 Å². The topological polar surface area (TPSA) is 26.3 Å². The zero-order chi connectivity index (χ0) is 13.1. The first-order valence-electron chi connectivity index (χ1n) is 7.54. The number of aryl methyl sites for hydroxylation is 1. The van der Waals surface area contributed by atoms with Crippen LogP contribution in [0.3, 0.4) is 0 Å². The van der Waals surface area contributed by atoms with Crippen LogP contribution in [-0.4, -0.2) is 18.5 Å². The van der Waals surface area contributed by atoms with Crippen LogP contribution in [0.5, 0.6) is 0 Å². The van der Waals surface area contributed by atoms with Crippen LogP contribution in [0.4, 0.5) is 0 Å². The Hall–Kier alpha value is -1.15. The van der Waals surface area contributed by atoms with Crippen molar-refractivity contribution in [2.45, 2.75) is 57.0 Å². The summed E-state index contributed by atoms with van der Waals surface area (Å²) < 4.78 is 5.56. The molecule has 19 heavy (non-hydrogen) atoms. The van der Waals surface area contributed by atoms with Crippen LogP contribution in [-0.2, 0) is 16.0 Å². The monoisotopic (exact) mass is 258 g/mol. The van der Waals surface area contributed by atoms with E-state index in [9.17, 15) is 4.79 Å². The van der Waals surface area contributed by atoms with E-state index in [1.165, 1.54) is 24.0 Å². The first-order chi connectivity index (χ1) is 9.33. The molecule has 1 aliphatic heterocycles. The standard InChI is InChI=1S/C17H22O2/c18-15(12-16-8-4-10-19-16)11-14-7-3-6-13-5-1-2-9-17(13)14/h1-2,5,9,14,16H,3-4,6-8,10-12H2. The summed E-state index contributed by atoms with van der Waals surface area (Å²) in [6, 6.07) is 8.63. The number of benzene rings is 1. The van der Waals surface area contributed by atoms with Gasteiger partial charge in [-0.05, 0) is 49.1 Å². The lowest BCUT2D eigenvalue weighted by molar-refractivity contribution is -0.121. The second kappa shape index (κ2) is 5.87. The molecule has 1 aliphatic carbocycles. The van der Waals surface area contributed by atoms with E-state index < -0.39 is 0 Å². The summed E-state index contributed by atoms with van der Waals surface area (Å²) in [5.41, 5.74) is 2.86. The average Bonchev–Trinajstić information content (AvgIpc) is 2.92. The highest BCUT2D eigenvalue weighted by molar-refractivity contribution is 5.80. The molecule has 1 aromatic rings. The van der Waals surface area contributed by atoms with Gasteiger partial charge in [-0.2, -0.15) is 0 Å². The van der Waals surface area contributed by atoms with Crippen molar-refractivity contribution < 1.29 is 9.53 Å². The maximum Gasteiger partial charge on any atom is 0.136 e. The van der Waals surface area contributed by atoms with Crippen LogP contribution in [0.2, 0.25) is 0 Å². The second-order valence-electron chi connectivity index (χ2n) is 5.87. The lowest BCUT2D eigenvalue weighted by Gasteiger charge is -2.25. The summed E-state index contributed by atoms with van der Waals surface area (Å²) in [7, 11) is 0. The van der Waals surface area contributed by atoms with Gasteiger partial charge in [0.15, 0.2) is 0 Å². The minimum absolute atomic E-state index is 0.200. The van der Waals surface area contributed by atoms with Gasteiger partial charge in [0, 0.05) is 19.4 Å². The molecule has 0 aromatic heterocycles. The van der Waals surface area contributed by atoms with Crippen molar-refractivity contribution in [3.8, 4) is 0 Å². The molecule has 0 amide bonds. The van der Waals surface area contributed by atoms with E-state index in [1.807, 2.05) is 0 Å². The van der Waals surface area contributed by atoms with Crippen molar-refractivity contribution in [3.63, 3.8) is 0 Å². The van der Waals surface area contributed by atoms with Gasteiger partial charge in [-0.3, -0.25) is 4.79 Å². The van der Waals surface area contributed by atoms with Crippen molar-refractivity contribution in [3.05, 3.63) is 35.4 Å². The quantitative estimate of drug-likeness (QED) is 0.824. The normalized spacial score (nSPS) is 26.1. The highest BCUT2D eigenvalue weighted by Crippen LogP contribution is 2.34. The van der Waals surface area contributed by atoms with Crippen molar-refractivity contribution >= 4 is 5.78 Å². The van der Waals surface area contributed by atoms with Gasteiger partial charge in [0.1, 0.15) is 5.78 Å². The summed E-state index contributed by atoms with van der Waals surface area (Å²) >= 11 is 0. The van der Waals surface area contributed by atoms with Crippen LogP contribution in [0.1, 0.15) is 55.6 Å². The third-order valence-electron chi connectivity index (χ3n) is 4.45. The molecule has 102 valence electrons. The van der Waals surface area contributed by atoms with Crippen molar-refractivity contribution in [2.75, 3.05) is 6.61 Å². The Balaban J connectivity index is 1.62. The van der Waals surface area contributed by atoms with Crippen molar-refractivity contribution in [1.82, 2.24) is 0 Å². The number of ketones is 1. The van der Waals surface area contributed by atoms with Gasteiger partial charge in [0.2, 0.25) is 0 Å². The predicted molar refractivity (Wildman–Crippen MR) is 75.3 cm³/mol. The van der Waals surface area contributed by atoms with Gasteiger partial charge in [-0.25, -0.2) is 0 Å². The van der Waals surface area contributed by atoms with Gasteiger partial charge >= 0.3 is 0 Å². The summed E-state index contributed by atoms with van der Waals surface area (Å²) in [4.78, 5) is 12.2. The first kappa shape index (κ1) is 12.9. The number of carbonyl (C=O) groups is 1. The Morgan fingerprint density at radius 3 is 2.89 bits per heavy atom. The molecule has 0 radical (unpaired) electrons. The Labute approximate surface area is 115 Å². The van der Waals surface area contributed by atoms with Gasteiger partial charge in [0.05, 0.1) is 6.10 Å². The lowest BCUT2D eigenvalue weighted by atomic mass is 9.80. The third-order valence-corrected chi connectivity index (χ3v) is 4.45. The summed E-state index contributed by atoms with van der Waals surface area (Å²) in [5.74, 6) is 0.826. The highest BCUT2D eigenvalue weighted by atomic mass is 16.5. The van der Waals surface area contributed by atoms with Crippen LogP contribution in [0, 0.1) is 0 Å². The summed E-state index contributed by atoms with van der Waals surface area (Å²) in [6.45, 7) is 0.838. The molecule has 0 bridgehead atoms. The molecule has 1 heterocycles. The Morgan fingerprint density at radius 1 is 1.16 bits per heavy atom. The highest BCUT2D eigenvalue weighted by Gasteiger charge is 2.25. The smallest absolute Gasteiger partial charge is 0.136 e. The zero-order valence-corrected chi connectivity index (χ0v) is 11.4. The van der Waals surface area contributed by atoms with Crippen LogP contribution < -0.4 is 0 Å². The molecule has 0 N–H and O–H groups in total. The van der Waals surface area contributed by atoms with E-state index in [1.54, 1.807) is 0 Å². The third kappa shape index (κ3) is 3.06. The number of ether oxygens (including phenoxy) is 1. The fraction of sp³-hybridized carbons (Fsp3) is 0.588. The first-order valence-corrected chi connectivity index (χ1v) is 7.54. The zero-order valence-electron chi connectivity index (χ0n) is 11.4. The Kier molecular flexibility index (Phi) is 3.97. The maximum atomic E-state index is 12.2. The van der Waals surface area contributed by atoms with E-state index >= 15 is 0 Å². The largest absolute Gasteiger partial charge is 0.378 e. The van der Waals surface area contributed by atoms with Gasteiger partial charge in [-0.15, -0.1) is 0 Å². The van der Waals surface area contributed by atoms with Crippen molar-refractivity contribution in [2.24, 2.45) is 0 Å². The number of fused-ring (bicyclic) bond motifs is 1. The number of rotatable bonds is 4. The van der Waals surface area contributed by atoms with E-state index in [0.717, 1.165) is 25.9 Å². The number of hydrogen-bond donors (Lipinski definition) is 0. The van der Waals surface area contributed by atoms with E-state index in [0.29, 0.717) is 24.5 Å². The van der Waals surface area contributed by atoms with E-state index in [2.05, 4.69) is 24.3 Å². The molecule has 1 fully saturated rings. The van der Waals surface area contributed by atoms with Crippen molar-refractivity contribution in [1.29, 1.82) is 0 Å². The number of Topliss-reactive ketones (excluding diaryl/α,β-unsaturated/α-hetero) is 1. The molecule has 2 nitrogen and oxygen atoms in total. The number of hydrogen-bond acceptors (Lipinski definition) is 2. The average molecular weight is 258 g/mol. The molecule has 1 aromatic carbocycles. The molecule has 0 spiro atoms. The minimum Gasteiger partial charge on any atom is -0.378 e. The minimum atomic E-state index is 0.200. The lowest BCUT2D eigenvalue weighted by Crippen LogP contribution is -2.17. The molecule has 3 rings (SSSR count).